The van der Waals surface area contributed by atoms with E-state index in [1.165, 1.54) is 11.1 Å². The zero-order valence-electron chi connectivity index (χ0n) is 23.7. The van der Waals surface area contributed by atoms with Crippen LogP contribution in [0.25, 0.3) is 11.3 Å². The fraction of sp³-hybridized carbons (Fsp3) is 0.364. The zero-order valence-corrected chi connectivity index (χ0v) is 25.2. The van der Waals surface area contributed by atoms with Gasteiger partial charge in [0.1, 0.15) is 0 Å². The summed E-state index contributed by atoms with van der Waals surface area (Å²) < 4.78 is 2.12. The third-order valence-electron chi connectivity index (χ3n) is 7.52. The van der Waals surface area contributed by atoms with Crippen molar-refractivity contribution in [1.29, 1.82) is 0 Å². The Hall–Kier alpha value is -2.67. The monoisotopic (exact) mass is 575 g/mol. The fourth-order valence-electron chi connectivity index (χ4n) is 5.45. The van der Waals surface area contributed by atoms with E-state index in [1.807, 2.05) is 24.3 Å². The molecule has 0 saturated carbocycles. The summed E-state index contributed by atoms with van der Waals surface area (Å²) in [6, 6.07) is 29.6. The molecule has 1 aliphatic rings. The lowest BCUT2D eigenvalue weighted by molar-refractivity contribution is 0.110. The first-order valence-corrected chi connectivity index (χ1v) is 14.9. The van der Waals surface area contributed by atoms with Crippen LogP contribution in [0.2, 0.25) is 10.0 Å². The van der Waals surface area contributed by atoms with E-state index in [1.54, 1.807) is 0 Å². The Morgan fingerprint density at radius 1 is 0.800 bits per heavy atom. The highest BCUT2D eigenvalue weighted by Crippen LogP contribution is 2.31. The van der Waals surface area contributed by atoms with Crippen LogP contribution < -0.4 is 5.32 Å². The minimum Gasteiger partial charge on any atom is -0.310 e. The number of hydrogen-bond acceptors (Lipinski definition) is 4. The molecule has 3 aromatic carbocycles. The van der Waals surface area contributed by atoms with E-state index in [4.69, 9.17) is 28.3 Å². The van der Waals surface area contributed by atoms with E-state index in [2.05, 4.69) is 101 Å². The highest BCUT2D eigenvalue weighted by Gasteiger charge is 2.26. The molecule has 4 aromatic rings. The van der Waals surface area contributed by atoms with Crippen molar-refractivity contribution >= 4 is 23.2 Å². The molecule has 5 rings (SSSR count). The summed E-state index contributed by atoms with van der Waals surface area (Å²) in [5.41, 5.74) is 5.80. The molecule has 1 atom stereocenters. The van der Waals surface area contributed by atoms with Gasteiger partial charge in [-0.1, -0.05) is 77.8 Å². The normalized spacial score (nSPS) is 15.8. The van der Waals surface area contributed by atoms with Crippen molar-refractivity contribution < 1.29 is 0 Å². The Bertz CT molecular complexity index is 1350. The molecule has 40 heavy (non-hydrogen) atoms. The molecule has 1 fully saturated rings. The lowest BCUT2D eigenvalue weighted by Gasteiger charge is -2.39. The van der Waals surface area contributed by atoms with Crippen LogP contribution in [0.5, 0.6) is 0 Å². The lowest BCUT2D eigenvalue weighted by Crippen LogP contribution is -2.49. The summed E-state index contributed by atoms with van der Waals surface area (Å²) in [6.07, 6.45) is 0. The van der Waals surface area contributed by atoms with Gasteiger partial charge < -0.3 is 5.32 Å². The SMILES string of the molecule is CC(C)(C)n1nc(CNCCN2CCN(C(c3ccccc3)c3ccc(Cl)cc3)CC2)cc1-c1ccc(Cl)cc1. The van der Waals surface area contributed by atoms with E-state index in [9.17, 15) is 0 Å². The summed E-state index contributed by atoms with van der Waals surface area (Å²) in [7, 11) is 0. The predicted molar refractivity (Wildman–Crippen MR) is 167 cm³/mol. The number of hydrogen-bond donors (Lipinski definition) is 1. The van der Waals surface area contributed by atoms with E-state index >= 15 is 0 Å². The van der Waals surface area contributed by atoms with Gasteiger partial charge in [0.15, 0.2) is 0 Å². The Labute approximate surface area is 248 Å². The molecular weight excluding hydrogens is 537 g/mol. The number of piperazine rings is 1. The number of nitrogens with one attached hydrogen (secondary N) is 1. The van der Waals surface area contributed by atoms with Crippen LogP contribution in [0, 0.1) is 0 Å². The molecule has 0 radical (unpaired) electrons. The van der Waals surface area contributed by atoms with Crippen LogP contribution in [-0.2, 0) is 12.1 Å². The van der Waals surface area contributed by atoms with Crippen LogP contribution in [-0.4, -0.2) is 58.8 Å². The van der Waals surface area contributed by atoms with Crippen LogP contribution in [0.1, 0.15) is 43.6 Å². The zero-order chi connectivity index (χ0) is 28.1. The van der Waals surface area contributed by atoms with Crippen molar-refractivity contribution in [2.24, 2.45) is 0 Å². The Morgan fingerprint density at radius 3 is 2.02 bits per heavy atom. The van der Waals surface area contributed by atoms with Crippen molar-refractivity contribution in [3.8, 4) is 11.3 Å². The van der Waals surface area contributed by atoms with Crippen LogP contribution in [0.3, 0.4) is 0 Å². The molecule has 0 bridgehead atoms. The maximum atomic E-state index is 6.19. The van der Waals surface area contributed by atoms with E-state index < -0.39 is 0 Å². The van der Waals surface area contributed by atoms with Gasteiger partial charge in [-0.05, 0) is 67.8 Å². The Balaban J connectivity index is 1.15. The third kappa shape index (κ3) is 7.15. The van der Waals surface area contributed by atoms with Gasteiger partial charge in [0.2, 0.25) is 0 Å². The molecule has 1 saturated heterocycles. The first kappa shape index (κ1) is 28.8. The van der Waals surface area contributed by atoms with Crippen LogP contribution in [0.15, 0.2) is 84.9 Å². The maximum Gasteiger partial charge on any atom is 0.0769 e. The molecule has 0 amide bonds. The number of rotatable bonds is 9. The molecule has 1 aromatic heterocycles. The number of nitrogens with zero attached hydrogens (tertiary/aromatic N) is 4. The number of benzene rings is 3. The van der Waals surface area contributed by atoms with Gasteiger partial charge in [-0.3, -0.25) is 14.5 Å². The fourth-order valence-corrected chi connectivity index (χ4v) is 5.70. The van der Waals surface area contributed by atoms with E-state index in [0.717, 1.165) is 72.8 Å². The van der Waals surface area contributed by atoms with Crippen LogP contribution >= 0.6 is 23.2 Å². The van der Waals surface area contributed by atoms with Crippen molar-refractivity contribution in [1.82, 2.24) is 24.9 Å². The highest BCUT2D eigenvalue weighted by atomic mass is 35.5. The second-order valence-corrected chi connectivity index (χ2v) is 12.4. The second-order valence-electron chi connectivity index (χ2n) is 11.5. The van der Waals surface area contributed by atoms with Gasteiger partial charge in [0.05, 0.1) is 23.0 Å². The third-order valence-corrected chi connectivity index (χ3v) is 8.02. The van der Waals surface area contributed by atoms with Gasteiger partial charge in [-0.25, -0.2) is 0 Å². The molecule has 5 nitrogen and oxygen atoms in total. The standard InChI is InChI=1S/C33H39Cl2N5/c1-33(2,3)40-31(25-9-13-28(34)14-10-25)23-30(37-40)24-36-17-18-38-19-21-39(22-20-38)32(26-7-5-4-6-8-26)27-11-15-29(35)16-12-27/h4-16,23,32,36H,17-22,24H2,1-3H3. The van der Waals surface area contributed by atoms with E-state index in [0.29, 0.717) is 0 Å². The molecule has 0 spiro atoms. The molecule has 1 aliphatic heterocycles. The number of aromatic nitrogens is 2. The summed E-state index contributed by atoms with van der Waals surface area (Å²) in [4.78, 5) is 5.15. The molecular formula is C33H39Cl2N5. The average molecular weight is 577 g/mol. The quantitative estimate of drug-likeness (QED) is 0.216. The average Bonchev–Trinajstić information content (AvgIpc) is 3.39. The van der Waals surface area contributed by atoms with Gasteiger partial charge in [-0.15, -0.1) is 0 Å². The van der Waals surface area contributed by atoms with Gasteiger partial charge in [0, 0.05) is 55.9 Å². The highest BCUT2D eigenvalue weighted by molar-refractivity contribution is 6.30. The van der Waals surface area contributed by atoms with Crippen molar-refractivity contribution in [2.75, 3.05) is 39.3 Å². The smallest absolute Gasteiger partial charge is 0.0769 e. The molecule has 7 heteroatoms. The summed E-state index contributed by atoms with van der Waals surface area (Å²) in [5, 5.41) is 10.1. The first-order chi connectivity index (χ1) is 19.3. The largest absolute Gasteiger partial charge is 0.310 e. The summed E-state index contributed by atoms with van der Waals surface area (Å²) in [6.45, 7) is 13.4. The Kier molecular flexibility index (Phi) is 9.29. The molecule has 1 N–H and O–H groups in total. The molecule has 2 heterocycles. The summed E-state index contributed by atoms with van der Waals surface area (Å²) >= 11 is 12.3. The molecule has 210 valence electrons. The maximum absolute atomic E-state index is 6.19. The lowest BCUT2D eigenvalue weighted by atomic mass is 9.96. The van der Waals surface area contributed by atoms with Crippen molar-refractivity contribution in [2.45, 2.75) is 38.9 Å². The summed E-state index contributed by atoms with van der Waals surface area (Å²) in [5.74, 6) is 0. The Morgan fingerprint density at radius 2 is 1.40 bits per heavy atom. The minimum atomic E-state index is -0.115. The van der Waals surface area contributed by atoms with Crippen molar-refractivity contribution in [3.05, 3.63) is 112 Å². The predicted octanol–water partition coefficient (Wildman–Crippen LogP) is 7.11. The number of halogens is 2. The van der Waals surface area contributed by atoms with E-state index in [-0.39, 0.29) is 11.6 Å². The minimum absolute atomic E-state index is 0.115. The van der Waals surface area contributed by atoms with Gasteiger partial charge in [-0.2, -0.15) is 5.10 Å². The van der Waals surface area contributed by atoms with Crippen molar-refractivity contribution in [3.63, 3.8) is 0 Å². The molecule has 1 unspecified atom stereocenters. The van der Waals surface area contributed by atoms with Crippen LogP contribution in [0.4, 0.5) is 0 Å². The second kappa shape index (κ2) is 12.9. The molecule has 0 aliphatic carbocycles. The first-order valence-electron chi connectivity index (χ1n) is 14.1. The van der Waals surface area contributed by atoms with Gasteiger partial charge in [0.25, 0.3) is 0 Å². The topological polar surface area (TPSA) is 36.3 Å². The van der Waals surface area contributed by atoms with Gasteiger partial charge >= 0.3 is 0 Å².